The van der Waals surface area contributed by atoms with Gasteiger partial charge < -0.3 is 4.74 Å². The van der Waals surface area contributed by atoms with Gasteiger partial charge in [0.05, 0.1) is 7.11 Å². The minimum absolute atomic E-state index is 0.125. The standard InChI is InChI=1S/C16H20N2O5S3/c1-23-14-5-2-3-6-15(14)26(21,22)18-10-8-13(9-11-18)17-25(19,20)16-7-4-12-24-16/h2-7,12-13,17H,8-11H2,1H3. The molecule has 2 aromatic rings. The Kier molecular flexibility index (Phi) is 5.68. The van der Waals surface area contributed by atoms with Crippen molar-refractivity contribution >= 4 is 31.4 Å². The average molecular weight is 417 g/mol. The van der Waals surface area contributed by atoms with Crippen LogP contribution in [0, 0.1) is 0 Å². The van der Waals surface area contributed by atoms with Gasteiger partial charge in [-0.1, -0.05) is 18.2 Å². The molecule has 1 N–H and O–H groups in total. The summed E-state index contributed by atoms with van der Waals surface area (Å²) in [4.78, 5) is 0.125. The summed E-state index contributed by atoms with van der Waals surface area (Å²) >= 11 is 1.15. The predicted octanol–water partition coefficient (Wildman–Crippen LogP) is 1.89. The van der Waals surface area contributed by atoms with Crippen LogP contribution in [0.1, 0.15) is 12.8 Å². The van der Waals surface area contributed by atoms with Gasteiger partial charge in [0.1, 0.15) is 14.9 Å². The van der Waals surface area contributed by atoms with Crippen molar-refractivity contribution in [1.29, 1.82) is 0 Å². The monoisotopic (exact) mass is 416 g/mol. The van der Waals surface area contributed by atoms with E-state index >= 15 is 0 Å². The number of rotatable bonds is 6. The zero-order valence-corrected chi connectivity index (χ0v) is 16.6. The van der Waals surface area contributed by atoms with Crippen molar-refractivity contribution in [3.63, 3.8) is 0 Å². The van der Waals surface area contributed by atoms with Crippen molar-refractivity contribution in [2.75, 3.05) is 20.2 Å². The maximum absolute atomic E-state index is 12.9. The second-order valence-corrected chi connectivity index (χ2v) is 10.7. The first kappa shape index (κ1) is 19.3. The number of benzene rings is 1. The first-order valence-electron chi connectivity index (χ1n) is 8.03. The van der Waals surface area contributed by atoms with Gasteiger partial charge in [0, 0.05) is 19.1 Å². The van der Waals surface area contributed by atoms with E-state index in [1.807, 2.05) is 0 Å². The van der Waals surface area contributed by atoms with Gasteiger partial charge in [0.15, 0.2) is 0 Å². The maximum Gasteiger partial charge on any atom is 0.250 e. The Bertz CT molecular complexity index is 948. The number of nitrogens with one attached hydrogen (secondary N) is 1. The number of sulfonamides is 2. The first-order chi connectivity index (χ1) is 12.3. The zero-order valence-electron chi connectivity index (χ0n) is 14.2. The molecule has 7 nitrogen and oxygen atoms in total. The molecular weight excluding hydrogens is 396 g/mol. The van der Waals surface area contributed by atoms with E-state index in [-0.39, 0.29) is 28.2 Å². The van der Waals surface area contributed by atoms with E-state index in [1.54, 1.807) is 35.7 Å². The summed E-state index contributed by atoms with van der Waals surface area (Å²) in [5.74, 6) is 0.299. The van der Waals surface area contributed by atoms with Gasteiger partial charge >= 0.3 is 0 Å². The van der Waals surface area contributed by atoms with Gasteiger partial charge in [-0.2, -0.15) is 4.31 Å². The SMILES string of the molecule is COc1ccccc1S(=O)(=O)N1CCC(NS(=O)(=O)c2cccs2)CC1. The molecule has 0 atom stereocenters. The summed E-state index contributed by atoms with van der Waals surface area (Å²) in [6, 6.07) is 9.43. The lowest BCUT2D eigenvalue weighted by Crippen LogP contribution is -2.46. The third-order valence-corrected chi connectivity index (χ3v) is 9.08. The van der Waals surface area contributed by atoms with E-state index in [1.165, 1.54) is 17.5 Å². The van der Waals surface area contributed by atoms with Crippen LogP contribution in [0.4, 0.5) is 0 Å². The number of hydrogen-bond acceptors (Lipinski definition) is 6. The van der Waals surface area contributed by atoms with Crippen molar-refractivity contribution < 1.29 is 21.6 Å². The van der Waals surface area contributed by atoms with Gasteiger partial charge in [0.25, 0.3) is 0 Å². The van der Waals surface area contributed by atoms with E-state index in [0.29, 0.717) is 18.6 Å². The fourth-order valence-electron chi connectivity index (χ4n) is 2.88. The summed E-state index contributed by atoms with van der Waals surface area (Å²) in [6.45, 7) is 0.496. The molecule has 1 aliphatic heterocycles. The van der Waals surface area contributed by atoms with Crippen LogP contribution >= 0.6 is 11.3 Å². The topological polar surface area (TPSA) is 92.8 Å². The van der Waals surface area contributed by atoms with Crippen LogP contribution < -0.4 is 9.46 Å². The molecule has 0 amide bonds. The fourth-order valence-corrected chi connectivity index (χ4v) is 6.82. The highest BCUT2D eigenvalue weighted by Crippen LogP contribution is 2.28. The lowest BCUT2D eigenvalue weighted by molar-refractivity contribution is 0.307. The molecule has 1 aromatic carbocycles. The highest BCUT2D eigenvalue weighted by molar-refractivity contribution is 7.91. The van der Waals surface area contributed by atoms with Gasteiger partial charge in [-0.3, -0.25) is 0 Å². The molecule has 1 aromatic heterocycles. The molecule has 0 bridgehead atoms. The Morgan fingerprint density at radius 1 is 1.08 bits per heavy atom. The Hall–Kier alpha value is -1.46. The van der Waals surface area contributed by atoms with Crippen molar-refractivity contribution in [1.82, 2.24) is 9.03 Å². The fraction of sp³-hybridized carbons (Fsp3) is 0.375. The number of para-hydroxylation sites is 1. The van der Waals surface area contributed by atoms with Crippen LogP contribution in [-0.2, 0) is 20.0 Å². The number of thiophene rings is 1. The largest absolute Gasteiger partial charge is 0.495 e. The molecule has 10 heteroatoms. The summed E-state index contributed by atoms with van der Waals surface area (Å²) in [6.07, 6.45) is 0.831. The van der Waals surface area contributed by atoms with E-state index in [0.717, 1.165) is 11.3 Å². The maximum atomic E-state index is 12.9. The Labute approximate surface area is 157 Å². The van der Waals surface area contributed by atoms with E-state index in [2.05, 4.69) is 4.72 Å². The van der Waals surface area contributed by atoms with Crippen molar-refractivity contribution in [2.24, 2.45) is 0 Å². The normalized spacial score (nSPS) is 17.3. The number of nitrogens with zero attached hydrogens (tertiary/aromatic N) is 1. The van der Waals surface area contributed by atoms with Crippen molar-refractivity contribution in [3.8, 4) is 5.75 Å². The summed E-state index contributed by atoms with van der Waals surface area (Å²) in [5, 5.41) is 1.71. The van der Waals surface area contributed by atoms with Crippen LogP contribution in [0.3, 0.4) is 0 Å². The predicted molar refractivity (Wildman–Crippen MR) is 99.4 cm³/mol. The van der Waals surface area contributed by atoms with Gasteiger partial charge in [-0.25, -0.2) is 21.6 Å². The van der Waals surface area contributed by atoms with Crippen LogP contribution in [0.2, 0.25) is 0 Å². The van der Waals surface area contributed by atoms with E-state index in [9.17, 15) is 16.8 Å². The summed E-state index contributed by atoms with van der Waals surface area (Å²) < 4.78 is 59.8. The number of ether oxygens (including phenoxy) is 1. The highest BCUT2D eigenvalue weighted by Gasteiger charge is 2.33. The molecule has 142 valence electrons. The third kappa shape index (κ3) is 3.94. The minimum Gasteiger partial charge on any atom is -0.495 e. The van der Waals surface area contributed by atoms with Crippen molar-refractivity contribution in [3.05, 3.63) is 41.8 Å². The second kappa shape index (κ2) is 7.65. The molecule has 0 saturated carbocycles. The molecule has 0 aliphatic carbocycles. The number of piperidine rings is 1. The highest BCUT2D eigenvalue weighted by atomic mass is 32.2. The molecule has 0 spiro atoms. The summed E-state index contributed by atoms with van der Waals surface area (Å²) in [5.41, 5.74) is 0. The van der Waals surface area contributed by atoms with Crippen LogP contribution in [0.15, 0.2) is 50.9 Å². The quantitative estimate of drug-likeness (QED) is 0.776. The van der Waals surface area contributed by atoms with Gasteiger partial charge in [-0.05, 0) is 36.4 Å². The van der Waals surface area contributed by atoms with Crippen LogP contribution in [-0.4, -0.2) is 47.4 Å². The Morgan fingerprint density at radius 2 is 1.77 bits per heavy atom. The molecule has 3 rings (SSSR count). The lowest BCUT2D eigenvalue weighted by atomic mass is 10.1. The average Bonchev–Trinajstić information content (AvgIpc) is 3.17. The first-order valence-corrected chi connectivity index (χ1v) is 11.8. The molecule has 0 unspecified atom stereocenters. The number of methoxy groups -OCH3 is 1. The Morgan fingerprint density at radius 3 is 2.38 bits per heavy atom. The van der Waals surface area contributed by atoms with Gasteiger partial charge in [-0.15, -0.1) is 11.3 Å². The molecule has 2 heterocycles. The smallest absolute Gasteiger partial charge is 0.250 e. The zero-order chi connectivity index (χ0) is 18.8. The van der Waals surface area contributed by atoms with Crippen molar-refractivity contribution in [2.45, 2.75) is 28.0 Å². The molecule has 1 fully saturated rings. The summed E-state index contributed by atoms with van der Waals surface area (Å²) in [7, 11) is -5.80. The molecular formula is C16H20N2O5S3. The molecule has 1 saturated heterocycles. The lowest BCUT2D eigenvalue weighted by Gasteiger charge is -2.31. The second-order valence-electron chi connectivity index (χ2n) is 5.88. The number of hydrogen-bond donors (Lipinski definition) is 1. The van der Waals surface area contributed by atoms with E-state index < -0.39 is 20.0 Å². The van der Waals surface area contributed by atoms with E-state index in [4.69, 9.17) is 4.74 Å². The molecule has 1 aliphatic rings. The van der Waals surface area contributed by atoms with Crippen LogP contribution in [0.5, 0.6) is 5.75 Å². The minimum atomic E-state index is -3.68. The Balaban J connectivity index is 1.68. The third-order valence-electron chi connectivity index (χ3n) is 4.22. The molecule has 26 heavy (non-hydrogen) atoms. The molecule has 0 radical (unpaired) electrons. The van der Waals surface area contributed by atoms with Gasteiger partial charge in [0.2, 0.25) is 20.0 Å². The van der Waals surface area contributed by atoms with Crippen LogP contribution in [0.25, 0.3) is 0 Å².